The van der Waals surface area contributed by atoms with Crippen LogP contribution in [0.2, 0.25) is 0 Å². The van der Waals surface area contributed by atoms with Crippen molar-refractivity contribution in [3.63, 3.8) is 0 Å². The lowest BCUT2D eigenvalue weighted by Gasteiger charge is -2.43. The van der Waals surface area contributed by atoms with Crippen molar-refractivity contribution in [2.24, 2.45) is 0 Å². The molecule has 0 bridgehead atoms. The molecular weight excluding hydrogens is 316 g/mol. The maximum Gasteiger partial charge on any atom is 0.273 e. The second-order valence-electron chi connectivity index (χ2n) is 7.00. The molecule has 1 aromatic rings. The van der Waals surface area contributed by atoms with E-state index in [-0.39, 0.29) is 24.1 Å². The molecule has 5 heteroatoms. The highest BCUT2D eigenvalue weighted by atomic mass is 16.5. The Morgan fingerprint density at radius 3 is 2.48 bits per heavy atom. The molecule has 0 N–H and O–H groups in total. The van der Waals surface area contributed by atoms with E-state index in [0.29, 0.717) is 25.5 Å². The van der Waals surface area contributed by atoms with Gasteiger partial charge in [-0.05, 0) is 33.3 Å². The molecule has 0 radical (unpaired) electrons. The largest absolute Gasteiger partial charge is 0.494 e. The summed E-state index contributed by atoms with van der Waals surface area (Å²) >= 11 is 0. The SMILES string of the molecule is CC(C)OC[C@H]1CN(C(C)C)C(=O)/C(=C\OCc2ccccc2)N1C. The Hall–Kier alpha value is -2.01. The van der Waals surface area contributed by atoms with Crippen LogP contribution in [-0.4, -0.2) is 54.1 Å². The molecule has 1 fully saturated rings. The molecule has 25 heavy (non-hydrogen) atoms. The van der Waals surface area contributed by atoms with Crippen LogP contribution in [0, 0.1) is 0 Å². The fraction of sp³-hybridized carbons (Fsp3) is 0.550. The van der Waals surface area contributed by atoms with E-state index in [1.54, 1.807) is 6.26 Å². The van der Waals surface area contributed by atoms with Gasteiger partial charge in [0.05, 0.1) is 18.8 Å². The van der Waals surface area contributed by atoms with Gasteiger partial charge in [0.1, 0.15) is 18.6 Å². The summed E-state index contributed by atoms with van der Waals surface area (Å²) in [6.07, 6.45) is 1.76. The van der Waals surface area contributed by atoms with E-state index in [1.807, 2.05) is 74.9 Å². The summed E-state index contributed by atoms with van der Waals surface area (Å²) in [5.74, 6) is 0.00589. The molecule has 0 spiro atoms. The number of rotatable bonds is 7. The Morgan fingerprint density at radius 2 is 1.88 bits per heavy atom. The first-order valence-corrected chi connectivity index (χ1v) is 8.91. The molecule has 2 rings (SSSR count). The number of ether oxygens (including phenoxy) is 2. The fourth-order valence-corrected chi connectivity index (χ4v) is 2.77. The summed E-state index contributed by atoms with van der Waals surface area (Å²) in [4.78, 5) is 16.7. The molecule has 0 aromatic heterocycles. The molecule has 0 saturated carbocycles. The van der Waals surface area contributed by atoms with Gasteiger partial charge in [0.25, 0.3) is 5.91 Å². The second-order valence-corrected chi connectivity index (χ2v) is 7.00. The third-order valence-electron chi connectivity index (χ3n) is 4.35. The predicted molar refractivity (Wildman–Crippen MR) is 98.8 cm³/mol. The van der Waals surface area contributed by atoms with E-state index in [1.165, 1.54) is 0 Å². The number of amides is 1. The van der Waals surface area contributed by atoms with E-state index in [9.17, 15) is 4.79 Å². The highest BCUT2D eigenvalue weighted by molar-refractivity contribution is 5.93. The van der Waals surface area contributed by atoms with Crippen LogP contribution in [0.25, 0.3) is 0 Å². The van der Waals surface area contributed by atoms with Crippen LogP contribution in [0.3, 0.4) is 0 Å². The number of nitrogens with zero attached hydrogens (tertiary/aromatic N) is 2. The number of hydrogen-bond acceptors (Lipinski definition) is 4. The minimum Gasteiger partial charge on any atom is -0.494 e. The molecular formula is C20H30N2O3. The molecule has 138 valence electrons. The van der Waals surface area contributed by atoms with Crippen LogP contribution in [0.5, 0.6) is 0 Å². The minimum atomic E-state index is 0.00589. The second kappa shape index (κ2) is 8.90. The van der Waals surface area contributed by atoms with Gasteiger partial charge in [0.15, 0.2) is 0 Å². The Morgan fingerprint density at radius 1 is 1.20 bits per heavy atom. The van der Waals surface area contributed by atoms with Gasteiger partial charge in [-0.25, -0.2) is 0 Å². The third-order valence-corrected chi connectivity index (χ3v) is 4.35. The van der Waals surface area contributed by atoms with Crippen molar-refractivity contribution in [3.05, 3.63) is 47.9 Å². The number of hydrogen-bond donors (Lipinski definition) is 0. The zero-order valence-corrected chi connectivity index (χ0v) is 15.9. The quantitative estimate of drug-likeness (QED) is 0.562. The van der Waals surface area contributed by atoms with Crippen molar-refractivity contribution >= 4 is 5.91 Å². The van der Waals surface area contributed by atoms with Crippen molar-refractivity contribution in [3.8, 4) is 0 Å². The Kier molecular flexibility index (Phi) is 6.88. The summed E-state index contributed by atoms with van der Waals surface area (Å²) in [6.45, 7) is 9.80. The Balaban J connectivity index is 2.10. The van der Waals surface area contributed by atoms with E-state index in [4.69, 9.17) is 9.47 Å². The number of benzene rings is 1. The zero-order chi connectivity index (χ0) is 18.4. The molecule has 1 atom stereocenters. The molecule has 0 aliphatic carbocycles. The summed E-state index contributed by atoms with van der Waals surface area (Å²) < 4.78 is 11.5. The molecule has 5 nitrogen and oxygen atoms in total. The van der Waals surface area contributed by atoms with Gasteiger partial charge in [-0.2, -0.15) is 0 Å². The first-order valence-electron chi connectivity index (χ1n) is 8.91. The topological polar surface area (TPSA) is 42.0 Å². The van der Waals surface area contributed by atoms with Gasteiger partial charge < -0.3 is 19.3 Å². The van der Waals surface area contributed by atoms with Crippen LogP contribution >= 0.6 is 0 Å². The summed E-state index contributed by atoms with van der Waals surface area (Å²) in [5, 5.41) is 0. The molecule has 1 amide bonds. The van der Waals surface area contributed by atoms with Crippen LogP contribution in [-0.2, 0) is 20.9 Å². The lowest BCUT2D eigenvalue weighted by molar-refractivity contribution is -0.136. The number of likely N-dealkylation sites (N-methyl/N-ethyl adjacent to an activating group) is 1. The van der Waals surface area contributed by atoms with E-state index < -0.39 is 0 Å². The first-order chi connectivity index (χ1) is 11.9. The van der Waals surface area contributed by atoms with Crippen LogP contribution in [0.1, 0.15) is 33.3 Å². The van der Waals surface area contributed by atoms with Gasteiger partial charge in [0.2, 0.25) is 0 Å². The summed E-state index contributed by atoms with van der Waals surface area (Å²) in [5.41, 5.74) is 1.65. The molecule has 1 aliphatic rings. The van der Waals surface area contributed by atoms with Crippen molar-refractivity contribution in [1.82, 2.24) is 9.80 Å². The van der Waals surface area contributed by atoms with Gasteiger partial charge in [-0.1, -0.05) is 30.3 Å². The highest BCUT2D eigenvalue weighted by Gasteiger charge is 2.35. The predicted octanol–water partition coefficient (Wildman–Crippen LogP) is 3.02. The summed E-state index contributed by atoms with van der Waals surface area (Å²) in [7, 11) is 1.93. The Bertz CT molecular complexity index is 584. The van der Waals surface area contributed by atoms with Gasteiger partial charge in [0, 0.05) is 19.6 Å². The molecule has 1 saturated heterocycles. The van der Waals surface area contributed by atoms with Gasteiger partial charge in [-0.3, -0.25) is 4.79 Å². The van der Waals surface area contributed by atoms with Crippen LogP contribution < -0.4 is 0 Å². The third kappa shape index (κ3) is 5.23. The van der Waals surface area contributed by atoms with Gasteiger partial charge >= 0.3 is 0 Å². The lowest BCUT2D eigenvalue weighted by Crippen LogP contribution is -2.56. The van der Waals surface area contributed by atoms with Crippen molar-refractivity contribution in [2.75, 3.05) is 20.2 Å². The average molecular weight is 346 g/mol. The number of carbonyl (C=O) groups is 1. The van der Waals surface area contributed by atoms with Gasteiger partial charge in [-0.15, -0.1) is 0 Å². The maximum absolute atomic E-state index is 12.8. The average Bonchev–Trinajstić information content (AvgIpc) is 2.57. The lowest BCUT2D eigenvalue weighted by atomic mass is 10.1. The number of carbonyl (C=O) groups excluding carboxylic acids is 1. The van der Waals surface area contributed by atoms with E-state index in [0.717, 1.165) is 5.56 Å². The molecule has 0 unspecified atom stereocenters. The normalized spacial score (nSPS) is 20.0. The standard InChI is InChI=1S/C20H30N2O3/c1-15(2)22-11-18(13-25-16(3)4)21(5)19(20(22)23)14-24-12-17-9-7-6-8-10-17/h6-10,14-16,18H,11-13H2,1-5H3/b19-14+/t18-/m1/s1. The van der Waals surface area contributed by atoms with Crippen LogP contribution in [0.4, 0.5) is 0 Å². The molecule has 1 aliphatic heterocycles. The summed E-state index contributed by atoms with van der Waals surface area (Å²) in [6, 6.07) is 10.2. The Labute approximate surface area is 151 Å². The number of piperazine rings is 1. The highest BCUT2D eigenvalue weighted by Crippen LogP contribution is 2.21. The van der Waals surface area contributed by atoms with Crippen molar-refractivity contribution in [1.29, 1.82) is 0 Å². The van der Waals surface area contributed by atoms with E-state index in [2.05, 4.69) is 0 Å². The fourth-order valence-electron chi connectivity index (χ4n) is 2.77. The van der Waals surface area contributed by atoms with E-state index >= 15 is 0 Å². The zero-order valence-electron chi connectivity index (χ0n) is 15.9. The van der Waals surface area contributed by atoms with Crippen LogP contribution in [0.15, 0.2) is 42.3 Å². The smallest absolute Gasteiger partial charge is 0.273 e. The minimum absolute atomic E-state index is 0.00589. The molecule has 1 aromatic carbocycles. The van der Waals surface area contributed by atoms with Crippen molar-refractivity contribution in [2.45, 2.75) is 52.5 Å². The maximum atomic E-state index is 12.8. The monoisotopic (exact) mass is 346 g/mol. The molecule has 1 heterocycles. The first kappa shape index (κ1) is 19.3. The van der Waals surface area contributed by atoms with Crippen molar-refractivity contribution < 1.29 is 14.3 Å².